The topological polar surface area (TPSA) is 78.3 Å². The number of amides is 1. The molecule has 2 aromatic carbocycles. The molecule has 0 saturated carbocycles. The van der Waals surface area contributed by atoms with E-state index < -0.39 is 11.9 Å². The predicted octanol–water partition coefficient (Wildman–Crippen LogP) is 4.88. The summed E-state index contributed by atoms with van der Waals surface area (Å²) in [5.74, 6) is 0.931. The Balaban J connectivity index is 1.68. The summed E-state index contributed by atoms with van der Waals surface area (Å²) >= 11 is 1.28. The van der Waals surface area contributed by atoms with Crippen LogP contribution in [-0.2, 0) is 4.79 Å². The van der Waals surface area contributed by atoms with Gasteiger partial charge in [-0.2, -0.15) is 0 Å². The summed E-state index contributed by atoms with van der Waals surface area (Å²) in [6.07, 6.45) is -0.522. The normalized spacial score (nSPS) is 11.9. The maximum Gasteiger partial charge on any atom is 0.234 e. The average Bonchev–Trinajstić information content (AvgIpc) is 3.18. The highest BCUT2D eigenvalue weighted by Crippen LogP contribution is 2.28. The highest BCUT2D eigenvalue weighted by Gasteiger charge is 2.22. The van der Waals surface area contributed by atoms with Crippen molar-refractivity contribution in [1.29, 1.82) is 0 Å². The van der Waals surface area contributed by atoms with Gasteiger partial charge in [-0.05, 0) is 45.0 Å². The largest absolute Gasteiger partial charge is 0.497 e. The molecule has 1 unspecified atom stereocenters. The summed E-state index contributed by atoms with van der Waals surface area (Å²) in [5, 5.41) is 11.9. The van der Waals surface area contributed by atoms with E-state index >= 15 is 0 Å². The quantitative estimate of drug-likeness (QED) is 0.474. The molecule has 1 aromatic heterocycles. The summed E-state index contributed by atoms with van der Waals surface area (Å²) in [6, 6.07) is 13.4. The first kappa shape index (κ1) is 22.6. The molecule has 1 amide bonds. The van der Waals surface area contributed by atoms with E-state index in [9.17, 15) is 9.18 Å². The minimum absolute atomic E-state index is 0.0283. The minimum atomic E-state index is -0.522. The van der Waals surface area contributed by atoms with Crippen LogP contribution in [0, 0.1) is 5.82 Å². The number of carbonyl (C=O) groups is 1. The van der Waals surface area contributed by atoms with Crippen LogP contribution in [0.3, 0.4) is 0 Å². The van der Waals surface area contributed by atoms with Crippen molar-refractivity contribution in [2.45, 2.75) is 38.1 Å². The Morgan fingerprint density at radius 3 is 2.65 bits per heavy atom. The van der Waals surface area contributed by atoms with Gasteiger partial charge in [0.25, 0.3) is 0 Å². The molecule has 1 N–H and O–H groups in total. The molecule has 0 aliphatic carbocycles. The highest BCUT2D eigenvalue weighted by atomic mass is 32.2. The predicted molar refractivity (Wildman–Crippen MR) is 118 cm³/mol. The molecule has 0 saturated heterocycles. The lowest BCUT2D eigenvalue weighted by Crippen LogP contribution is -2.16. The minimum Gasteiger partial charge on any atom is -0.497 e. The molecular weight excluding hydrogens is 419 g/mol. The summed E-state index contributed by atoms with van der Waals surface area (Å²) in [7, 11) is 1.57. The average molecular weight is 445 g/mol. The van der Waals surface area contributed by atoms with Crippen LogP contribution in [0.25, 0.3) is 0 Å². The second kappa shape index (κ2) is 10.3. The maximum atomic E-state index is 13.9. The molecule has 1 heterocycles. The van der Waals surface area contributed by atoms with Gasteiger partial charge >= 0.3 is 0 Å². The monoisotopic (exact) mass is 444 g/mol. The molecule has 7 nitrogen and oxygen atoms in total. The Hall–Kier alpha value is -3.07. The van der Waals surface area contributed by atoms with E-state index in [-0.39, 0.29) is 23.5 Å². The Kier molecular flexibility index (Phi) is 7.51. The molecule has 0 fully saturated rings. The van der Waals surface area contributed by atoms with Crippen molar-refractivity contribution in [3.8, 4) is 11.5 Å². The molecule has 0 radical (unpaired) electrons. The van der Waals surface area contributed by atoms with Gasteiger partial charge in [-0.15, -0.1) is 10.2 Å². The van der Waals surface area contributed by atoms with E-state index in [4.69, 9.17) is 9.47 Å². The molecular formula is C22H25FN4O3S. The number of carbonyl (C=O) groups excluding carboxylic acids is 1. The number of halogens is 1. The number of hydrogen-bond acceptors (Lipinski definition) is 6. The van der Waals surface area contributed by atoms with Gasteiger partial charge in [0.2, 0.25) is 5.91 Å². The standard InChI is InChI=1S/C22H25FN4O3S/c1-14(2)27-21(15(3)30-19-11-6-5-10-18(19)23)25-26-22(27)31-13-20(28)24-16-8-7-9-17(12-16)29-4/h5-12,14-15H,13H2,1-4H3,(H,24,28). The van der Waals surface area contributed by atoms with Crippen LogP contribution in [0.5, 0.6) is 11.5 Å². The first-order valence-electron chi connectivity index (χ1n) is 9.81. The third-order valence-corrected chi connectivity index (χ3v) is 5.34. The van der Waals surface area contributed by atoms with Crippen molar-refractivity contribution in [3.05, 3.63) is 60.2 Å². The maximum absolute atomic E-state index is 13.9. The molecule has 1 atom stereocenters. The van der Waals surface area contributed by atoms with Gasteiger partial charge in [-0.1, -0.05) is 30.0 Å². The van der Waals surface area contributed by atoms with Crippen LogP contribution in [0.2, 0.25) is 0 Å². The fourth-order valence-electron chi connectivity index (χ4n) is 2.96. The lowest BCUT2D eigenvalue weighted by atomic mass is 10.3. The van der Waals surface area contributed by atoms with Gasteiger partial charge in [-0.3, -0.25) is 4.79 Å². The number of anilines is 1. The summed E-state index contributed by atoms with van der Waals surface area (Å²) in [5.41, 5.74) is 0.655. The number of aromatic nitrogens is 3. The van der Waals surface area contributed by atoms with Gasteiger partial charge in [0.15, 0.2) is 28.7 Å². The Morgan fingerprint density at radius 2 is 1.94 bits per heavy atom. The number of thioether (sulfide) groups is 1. The van der Waals surface area contributed by atoms with Gasteiger partial charge in [-0.25, -0.2) is 4.39 Å². The molecule has 164 valence electrons. The summed E-state index contributed by atoms with van der Waals surface area (Å²) in [6.45, 7) is 5.77. The van der Waals surface area contributed by atoms with Crippen molar-refractivity contribution in [2.24, 2.45) is 0 Å². The first-order valence-corrected chi connectivity index (χ1v) is 10.8. The van der Waals surface area contributed by atoms with E-state index in [2.05, 4.69) is 15.5 Å². The van der Waals surface area contributed by atoms with Crippen molar-refractivity contribution < 1.29 is 18.7 Å². The fourth-order valence-corrected chi connectivity index (χ4v) is 3.84. The molecule has 31 heavy (non-hydrogen) atoms. The van der Waals surface area contributed by atoms with E-state index in [0.29, 0.717) is 22.4 Å². The number of methoxy groups -OCH3 is 1. The van der Waals surface area contributed by atoms with Crippen LogP contribution in [0.1, 0.15) is 38.7 Å². The van der Waals surface area contributed by atoms with Gasteiger partial charge in [0, 0.05) is 17.8 Å². The second-order valence-electron chi connectivity index (χ2n) is 7.06. The Bertz CT molecular complexity index is 1040. The highest BCUT2D eigenvalue weighted by molar-refractivity contribution is 7.99. The van der Waals surface area contributed by atoms with Crippen LogP contribution >= 0.6 is 11.8 Å². The van der Waals surface area contributed by atoms with Gasteiger partial charge in [0.05, 0.1) is 12.9 Å². The van der Waals surface area contributed by atoms with E-state index in [0.717, 1.165) is 0 Å². The Labute approximate surface area is 185 Å². The smallest absolute Gasteiger partial charge is 0.234 e. The number of nitrogens with zero attached hydrogens (tertiary/aromatic N) is 3. The Morgan fingerprint density at radius 1 is 1.16 bits per heavy atom. The fraction of sp³-hybridized carbons (Fsp3) is 0.318. The number of benzene rings is 2. The van der Waals surface area contributed by atoms with E-state index in [1.54, 1.807) is 50.4 Å². The summed E-state index contributed by atoms with van der Waals surface area (Å²) < 4.78 is 26.8. The third-order valence-electron chi connectivity index (χ3n) is 4.40. The molecule has 0 spiro atoms. The van der Waals surface area contributed by atoms with Gasteiger partial charge < -0.3 is 19.4 Å². The number of nitrogens with one attached hydrogen (secondary N) is 1. The SMILES string of the molecule is COc1cccc(NC(=O)CSc2nnc(C(C)Oc3ccccc3F)n2C(C)C)c1. The third kappa shape index (κ3) is 5.75. The number of ether oxygens (including phenoxy) is 2. The van der Waals surface area contributed by atoms with E-state index in [1.165, 1.54) is 17.8 Å². The lowest BCUT2D eigenvalue weighted by Gasteiger charge is -2.19. The summed E-state index contributed by atoms with van der Waals surface area (Å²) in [4.78, 5) is 12.4. The van der Waals surface area contributed by atoms with Crippen molar-refractivity contribution in [3.63, 3.8) is 0 Å². The molecule has 0 aliphatic heterocycles. The zero-order valence-corrected chi connectivity index (χ0v) is 18.6. The zero-order valence-electron chi connectivity index (χ0n) is 17.8. The zero-order chi connectivity index (χ0) is 22.4. The number of rotatable bonds is 9. The molecule has 3 rings (SSSR count). The lowest BCUT2D eigenvalue weighted by molar-refractivity contribution is -0.113. The molecule has 0 bridgehead atoms. The molecule has 9 heteroatoms. The second-order valence-corrected chi connectivity index (χ2v) is 8.01. The first-order chi connectivity index (χ1) is 14.9. The molecule has 0 aliphatic rings. The van der Waals surface area contributed by atoms with Crippen molar-refractivity contribution in [1.82, 2.24) is 14.8 Å². The van der Waals surface area contributed by atoms with Crippen molar-refractivity contribution >= 4 is 23.4 Å². The molecule has 3 aromatic rings. The van der Waals surface area contributed by atoms with Crippen molar-refractivity contribution in [2.75, 3.05) is 18.2 Å². The number of hydrogen-bond donors (Lipinski definition) is 1. The van der Waals surface area contributed by atoms with Crippen LogP contribution in [0.4, 0.5) is 10.1 Å². The van der Waals surface area contributed by atoms with Crippen LogP contribution < -0.4 is 14.8 Å². The van der Waals surface area contributed by atoms with E-state index in [1.807, 2.05) is 24.5 Å². The van der Waals surface area contributed by atoms with Gasteiger partial charge in [0.1, 0.15) is 5.75 Å². The van der Waals surface area contributed by atoms with Crippen LogP contribution in [0.15, 0.2) is 53.7 Å². The van der Waals surface area contributed by atoms with Crippen LogP contribution in [-0.4, -0.2) is 33.5 Å². The number of para-hydroxylation sites is 1.